The fraction of sp³-hybridized carbons (Fsp3) is 0.143. The van der Waals surface area contributed by atoms with Crippen LogP contribution in [0.1, 0.15) is 22.6 Å². The van der Waals surface area contributed by atoms with E-state index >= 15 is 0 Å². The van der Waals surface area contributed by atoms with E-state index in [1.54, 1.807) is 23.9 Å². The van der Waals surface area contributed by atoms with Crippen LogP contribution < -0.4 is 4.74 Å². The van der Waals surface area contributed by atoms with E-state index in [0.29, 0.717) is 0 Å². The second-order valence-corrected chi connectivity index (χ2v) is 7.24. The summed E-state index contributed by atoms with van der Waals surface area (Å²) < 4.78 is 20.4. The molecule has 2 aliphatic heterocycles. The second kappa shape index (κ2) is 5.38. The predicted octanol–water partition coefficient (Wildman–Crippen LogP) is 5.33. The van der Waals surface area contributed by atoms with E-state index in [9.17, 15) is 4.39 Å². The maximum Gasteiger partial charge on any atom is 0.142 e. The van der Waals surface area contributed by atoms with Gasteiger partial charge in [-0.2, -0.15) is 0 Å². The summed E-state index contributed by atoms with van der Waals surface area (Å²) in [5, 5.41) is 0. The SMILES string of the molecule is Fc1ccccc1C1CSc2c1ccc1c2C=C2C=CC=CC2O1. The van der Waals surface area contributed by atoms with Crippen LogP contribution in [0.25, 0.3) is 6.08 Å². The Balaban J connectivity index is 1.62. The highest BCUT2D eigenvalue weighted by Crippen LogP contribution is 2.49. The molecule has 3 aliphatic rings. The summed E-state index contributed by atoms with van der Waals surface area (Å²) in [6.07, 6.45) is 10.4. The molecule has 2 aromatic carbocycles. The normalized spacial score (nSPS) is 23.1. The van der Waals surface area contributed by atoms with Crippen LogP contribution in [0, 0.1) is 5.82 Å². The third-order valence-electron chi connectivity index (χ3n) is 4.82. The van der Waals surface area contributed by atoms with Gasteiger partial charge in [-0.15, -0.1) is 11.8 Å². The summed E-state index contributed by atoms with van der Waals surface area (Å²) >= 11 is 1.80. The fourth-order valence-corrected chi connectivity index (χ4v) is 5.01. The molecule has 0 saturated heterocycles. The van der Waals surface area contributed by atoms with E-state index in [0.717, 1.165) is 22.6 Å². The van der Waals surface area contributed by atoms with Gasteiger partial charge in [-0.1, -0.05) is 42.5 Å². The summed E-state index contributed by atoms with van der Waals surface area (Å²) in [5.41, 5.74) is 4.31. The fourth-order valence-electron chi connectivity index (χ4n) is 3.62. The largest absolute Gasteiger partial charge is 0.481 e. The van der Waals surface area contributed by atoms with Crippen molar-refractivity contribution in [3.8, 4) is 5.75 Å². The summed E-state index contributed by atoms with van der Waals surface area (Å²) in [7, 11) is 0. The van der Waals surface area contributed by atoms with Crippen LogP contribution in [0.3, 0.4) is 0 Å². The van der Waals surface area contributed by atoms with Gasteiger partial charge in [0.05, 0.1) is 0 Å². The summed E-state index contributed by atoms with van der Waals surface area (Å²) in [5.74, 6) is 1.77. The molecule has 2 atom stereocenters. The van der Waals surface area contributed by atoms with Gasteiger partial charge in [-0.25, -0.2) is 4.39 Å². The van der Waals surface area contributed by atoms with E-state index in [1.807, 2.05) is 30.4 Å². The maximum atomic E-state index is 14.2. The van der Waals surface area contributed by atoms with E-state index in [-0.39, 0.29) is 17.8 Å². The molecular weight excluding hydrogens is 319 g/mol. The van der Waals surface area contributed by atoms with E-state index in [2.05, 4.69) is 24.3 Å². The van der Waals surface area contributed by atoms with Crippen LogP contribution in [0.5, 0.6) is 5.75 Å². The molecule has 1 aliphatic carbocycles. The first-order chi connectivity index (χ1) is 11.8. The van der Waals surface area contributed by atoms with Crippen LogP contribution >= 0.6 is 11.8 Å². The first-order valence-corrected chi connectivity index (χ1v) is 9.07. The van der Waals surface area contributed by atoms with Gasteiger partial charge in [-0.05, 0) is 41.0 Å². The zero-order valence-electron chi connectivity index (χ0n) is 12.9. The van der Waals surface area contributed by atoms with Crippen LogP contribution in [0.2, 0.25) is 0 Å². The van der Waals surface area contributed by atoms with Crippen LogP contribution in [-0.4, -0.2) is 11.9 Å². The van der Waals surface area contributed by atoms with Crippen molar-refractivity contribution >= 4 is 17.8 Å². The molecular formula is C21H15FOS. The zero-order valence-corrected chi connectivity index (χ0v) is 13.7. The van der Waals surface area contributed by atoms with Crippen LogP contribution in [0.15, 0.2) is 71.2 Å². The Hall–Kier alpha value is -2.26. The minimum Gasteiger partial charge on any atom is -0.481 e. The van der Waals surface area contributed by atoms with Gasteiger partial charge in [0.1, 0.15) is 17.7 Å². The quantitative estimate of drug-likeness (QED) is 0.697. The number of allylic oxidation sites excluding steroid dienone is 2. The number of rotatable bonds is 1. The molecule has 1 nitrogen and oxygen atoms in total. The molecule has 0 N–H and O–H groups in total. The summed E-state index contributed by atoms with van der Waals surface area (Å²) in [4.78, 5) is 1.23. The van der Waals surface area contributed by atoms with Gasteiger partial charge >= 0.3 is 0 Å². The van der Waals surface area contributed by atoms with Crippen molar-refractivity contribution in [2.75, 3.05) is 5.75 Å². The number of fused-ring (bicyclic) bond motifs is 4. The zero-order chi connectivity index (χ0) is 16.1. The monoisotopic (exact) mass is 334 g/mol. The lowest BCUT2D eigenvalue weighted by molar-refractivity contribution is 0.282. The number of ether oxygens (including phenoxy) is 1. The number of halogens is 1. The Bertz CT molecular complexity index is 925. The second-order valence-electron chi connectivity index (χ2n) is 6.21. The van der Waals surface area contributed by atoms with Crippen molar-refractivity contribution < 1.29 is 9.13 Å². The first kappa shape index (κ1) is 14.1. The molecule has 0 amide bonds. The van der Waals surface area contributed by atoms with Crippen molar-refractivity contribution in [2.24, 2.45) is 0 Å². The molecule has 0 bridgehead atoms. The highest BCUT2D eigenvalue weighted by Gasteiger charge is 2.31. The molecule has 5 rings (SSSR count). The van der Waals surface area contributed by atoms with E-state index < -0.39 is 0 Å². The van der Waals surface area contributed by atoms with E-state index in [4.69, 9.17) is 4.74 Å². The molecule has 0 aromatic heterocycles. The molecule has 2 unspecified atom stereocenters. The molecule has 0 saturated carbocycles. The highest BCUT2D eigenvalue weighted by molar-refractivity contribution is 7.99. The Morgan fingerprint density at radius 3 is 2.88 bits per heavy atom. The molecule has 0 radical (unpaired) electrons. The van der Waals surface area contributed by atoms with Crippen LogP contribution in [-0.2, 0) is 0 Å². The molecule has 0 spiro atoms. The third kappa shape index (κ3) is 2.08. The lowest BCUT2D eigenvalue weighted by atomic mass is 9.90. The molecule has 24 heavy (non-hydrogen) atoms. The lowest BCUT2D eigenvalue weighted by Crippen LogP contribution is -2.20. The highest BCUT2D eigenvalue weighted by atomic mass is 32.2. The number of hydrogen-bond acceptors (Lipinski definition) is 2. The standard InChI is InChI=1S/C21H15FOS/c22-18-7-3-2-6-14(18)17-12-24-21-15(17)9-10-20-16(21)11-13-5-1-4-8-19(13)23-20/h1-11,17,19H,12H2. The lowest BCUT2D eigenvalue weighted by Gasteiger charge is -2.26. The Labute approximate surface area is 144 Å². The van der Waals surface area contributed by atoms with E-state index in [1.165, 1.54) is 16.0 Å². The topological polar surface area (TPSA) is 9.23 Å². The first-order valence-electron chi connectivity index (χ1n) is 8.08. The molecule has 0 fully saturated rings. The smallest absolute Gasteiger partial charge is 0.142 e. The van der Waals surface area contributed by atoms with Crippen molar-refractivity contribution in [3.05, 3.63) is 88.8 Å². The average molecular weight is 334 g/mol. The molecule has 2 heterocycles. The maximum absolute atomic E-state index is 14.2. The summed E-state index contributed by atoms with van der Waals surface area (Å²) in [6.45, 7) is 0. The number of hydrogen-bond donors (Lipinski definition) is 0. The van der Waals surface area contributed by atoms with Crippen molar-refractivity contribution in [3.63, 3.8) is 0 Å². The average Bonchev–Trinajstić information content (AvgIpc) is 3.05. The van der Waals surface area contributed by atoms with Crippen molar-refractivity contribution in [1.29, 1.82) is 0 Å². The number of thioether (sulfide) groups is 1. The van der Waals surface area contributed by atoms with Gasteiger partial charge in [0.2, 0.25) is 0 Å². The van der Waals surface area contributed by atoms with Crippen LogP contribution in [0.4, 0.5) is 4.39 Å². The Kier molecular flexibility index (Phi) is 3.17. The van der Waals surface area contributed by atoms with Gasteiger partial charge in [0.15, 0.2) is 0 Å². The molecule has 2 aromatic rings. The minimum atomic E-state index is -0.122. The Morgan fingerprint density at radius 1 is 1.04 bits per heavy atom. The molecule has 3 heteroatoms. The van der Waals surface area contributed by atoms with Gasteiger partial charge in [0, 0.05) is 22.1 Å². The van der Waals surface area contributed by atoms with Gasteiger partial charge in [0.25, 0.3) is 0 Å². The minimum absolute atomic E-state index is 0.00863. The van der Waals surface area contributed by atoms with Gasteiger partial charge < -0.3 is 4.74 Å². The predicted molar refractivity (Wildman–Crippen MR) is 96.1 cm³/mol. The number of benzene rings is 2. The van der Waals surface area contributed by atoms with Crippen molar-refractivity contribution in [2.45, 2.75) is 16.9 Å². The Morgan fingerprint density at radius 2 is 1.96 bits per heavy atom. The van der Waals surface area contributed by atoms with Crippen molar-refractivity contribution in [1.82, 2.24) is 0 Å². The third-order valence-corrected chi connectivity index (χ3v) is 6.06. The van der Waals surface area contributed by atoms with Gasteiger partial charge in [-0.3, -0.25) is 0 Å². The molecule has 118 valence electrons. The summed E-state index contributed by atoms with van der Waals surface area (Å²) in [6, 6.07) is 11.2.